The highest BCUT2D eigenvalue weighted by molar-refractivity contribution is 9.10. The van der Waals surface area contributed by atoms with Crippen LogP contribution in [0.3, 0.4) is 0 Å². The minimum Gasteiger partial charge on any atom is -0.454 e. The maximum atomic E-state index is 5.37. The molecule has 2 rings (SSSR count). The van der Waals surface area contributed by atoms with Crippen LogP contribution in [0.5, 0.6) is 11.5 Å². The van der Waals surface area contributed by atoms with E-state index in [2.05, 4.69) is 28.2 Å². The molecule has 1 N–H and O–H groups in total. The van der Waals surface area contributed by atoms with Crippen molar-refractivity contribution >= 4 is 15.9 Å². The fourth-order valence-corrected chi connectivity index (χ4v) is 2.24. The number of halogens is 1. The van der Waals surface area contributed by atoms with Crippen LogP contribution in [0.25, 0.3) is 0 Å². The maximum Gasteiger partial charge on any atom is 0.231 e. The zero-order chi connectivity index (χ0) is 13.0. The molecule has 0 aromatic heterocycles. The van der Waals surface area contributed by atoms with Crippen LogP contribution < -0.4 is 14.8 Å². The second kappa shape index (κ2) is 6.41. The number of methoxy groups -OCH3 is 1. The summed E-state index contributed by atoms with van der Waals surface area (Å²) in [5.41, 5.74) is 1.17. The van der Waals surface area contributed by atoms with Crippen molar-refractivity contribution in [3.63, 3.8) is 0 Å². The van der Waals surface area contributed by atoms with E-state index in [0.717, 1.165) is 35.5 Å². The van der Waals surface area contributed by atoms with Gasteiger partial charge in [0.1, 0.15) is 0 Å². The van der Waals surface area contributed by atoms with Crippen molar-refractivity contribution in [2.75, 3.05) is 20.5 Å². The summed E-state index contributed by atoms with van der Waals surface area (Å²) < 4.78 is 16.8. The lowest BCUT2D eigenvalue weighted by Gasteiger charge is -2.14. The standard InChI is InChI=1S/C13H18BrNO3/c1-9(3-4-16-2)15-7-10-5-12-13(6-11(10)14)18-8-17-12/h5-6,9,15H,3-4,7-8H2,1-2H3. The van der Waals surface area contributed by atoms with Crippen LogP contribution in [0.2, 0.25) is 0 Å². The van der Waals surface area contributed by atoms with E-state index in [4.69, 9.17) is 14.2 Å². The summed E-state index contributed by atoms with van der Waals surface area (Å²) in [5.74, 6) is 1.62. The summed E-state index contributed by atoms with van der Waals surface area (Å²) >= 11 is 3.55. The summed E-state index contributed by atoms with van der Waals surface area (Å²) in [5, 5.41) is 3.46. The molecule has 0 saturated heterocycles. The lowest BCUT2D eigenvalue weighted by molar-refractivity contribution is 0.174. The lowest BCUT2D eigenvalue weighted by atomic mass is 10.1. The molecule has 1 aromatic carbocycles. The zero-order valence-electron chi connectivity index (χ0n) is 10.7. The average Bonchev–Trinajstić information content (AvgIpc) is 2.80. The van der Waals surface area contributed by atoms with Crippen LogP contribution >= 0.6 is 15.9 Å². The molecular formula is C13H18BrNO3. The van der Waals surface area contributed by atoms with Crippen molar-refractivity contribution in [2.24, 2.45) is 0 Å². The molecule has 0 bridgehead atoms. The first kappa shape index (κ1) is 13.6. The van der Waals surface area contributed by atoms with Crippen molar-refractivity contribution in [2.45, 2.75) is 25.9 Å². The van der Waals surface area contributed by atoms with Crippen LogP contribution in [0.1, 0.15) is 18.9 Å². The molecule has 0 saturated carbocycles. The van der Waals surface area contributed by atoms with Gasteiger partial charge in [-0.1, -0.05) is 15.9 Å². The van der Waals surface area contributed by atoms with E-state index in [0.29, 0.717) is 12.8 Å². The van der Waals surface area contributed by atoms with E-state index in [1.165, 1.54) is 5.56 Å². The van der Waals surface area contributed by atoms with Gasteiger partial charge in [0.15, 0.2) is 11.5 Å². The monoisotopic (exact) mass is 315 g/mol. The molecule has 4 nitrogen and oxygen atoms in total. The van der Waals surface area contributed by atoms with Gasteiger partial charge in [0.2, 0.25) is 6.79 Å². The van der Waals surface area contributed by atoms with Gasteiger partial charge in [0.25, 0.3) is 0 Å². The summed E-state index contributed by atoms with van der Waals surface area (Å²) in [6.45, 7) is 4.03. The Kier molecular flexibility index (Phi) is 4.86. The van der Waals surface area contributed by atoms with E-state index < -0.39 is 0 Å². The topological polar surface area (TPSA) is 39.7 Å². The molecule has 1 heterocycles. The van der Waals surface area contributed by atoms with Gasteiger partial charge in [-0.3, -0.25) is 0 Å². The third kappa shape index (κ3) is 3.37. The van der Waals surface area contributed by atoms with Gasteiger partial charge in [0, 0.05) is 30.8 Å². The van der Waals surface area contributed by atoms with Crippen LogP contribution in [-0.2, 0) is 11.3 Å². The molecule has 5 heteroatoms. The van der Waals surface area contributed by atoms with Crippen LogP contribution in [0, 0.1) is 0 Å². The van der Waals surface area contributed by atoms with Gasteiger partial charge in [-0.25, -0.2) is 0 Å². The molecule has 1 aliphatic heterocycles. The lowest BCUT2D eigenvalue weighted by Crippen LogP contribution is -2.26. The summed E-state index contributed by atoms with van der Waals surface area (Å²) in [6, 6.07) is 4.39. The van der Waals surface area contributed by atoms with Crippen molar-refractivity contribution < 1.29 is 14.2 Å². The fraction of sp³-hybridized carbons (Fsp3) is 0.538. The summed E-state index contributed by atoms with van der Waals surface area (Å²) in [4.78, 5) is 0. The number of fused-ring (bicyclic) bond motifs is 1. The fourth-order valence-electron chi connectivity index (χ4n) is 1.78. The Bertz CT molecular complexity index is 411. The van der Waals surface area contributed by atoms with Crippen molar-refractivity contribution in [1.29, 1.82) is 0 Å². The molecular weight excluding hydrogens is 298 g/mol. The largest absolute Gasteiger partial charge is 0.454 e. The van der Waals surface area contributed by atoms with Gasteiger partial charge in [-0.2, -0.15) is 0 Å². The molecule has 100 valence electrons. The first-order valence-electron chi connectivity index (χ1n) is 6.01. The molecule has 0 aliphatic carbocycles. The molecule has 0 fully saturated rings. The summed E-state index contributed by atoms with van der Waals surface area (Å²) in [6.07, 6.45) is 0.999. The van der Waals surface area contributed by atoms with Crippen LogP contribution in [0.15, 0.2) is 16.6 Å². The third-order valence-corrected chi connectivity index (χ3v) is 3.68. The normalized spacial score (nSPS) is 14.8. The molecule has 0 amide bonds. The SMILES string of the molecule is COCCC(C)NCc1cc2c(cc1Br)OCO2. The van der Waals surface area contributed by atoms with Gasteiger partial charge in [-0.05, 0) is 31.0 Å². The predicted octanol–water partition coefficient (Wildman–Crippen LogP) is 2.69. The van der Waals surface area contributed by atoms with E-state index in [9.17, 15) is 0 Å². The average molecular weight is 316 g/mol. The second-order valence-corrected chi connectivity index (χ2v) is 5.21. The highest BCUT2D eigenvalue weighted by Crippen LogP contribution is 2.36. The third-order valence-electron chi connectivity index (χ3n) is 2.94. The molecule has 0 radical (unpaired) electrons. The van der Waals surface area contributed by atoms with Crippen molar-refractivity contribution in [3.05, 3.63) is 22.2 Å². The molecule has 18 heavy (non-hydrogen) atoms. The number of hydrogen-bond acceptors (Lipinski definition) is 4. The van der Waals surface area contributed by atoms with Gasteiger partial charge >= 0.3 is 0 Å². The van der Waals surface area contributed by atoms with Gasteiger partial charge < -0.3 is 19.5 Å². The van der Waals surface area contributed by atoms with Gasteiger partial charge in [0.05, 0.1) is 0 Å². The zero-order valence-corrected chi connectivity index (χ0v) is 12.2. The minimum absolute atomic E-state index is 0.308. The Balaban J connectivity index is 1.93. The molecule has 0 spiro atoms. The Labute approximate surface area is 116 Å². The Hall–Kier alpha value is -0.780. The number of benzene rings is 1. The van der Waals surface area contributed by atoms with Crippen molar-refractivity contribution in [3.8, 4) is 11.5 Å². The first-order valence-corrected chi connectivity index (χ1v) is 6.80. The number of ether oxygens (including phenoxy) is 3. The molecule has 1 aromatic rings. The maximum absolute atomic E-state index is 5.37. The molecule has 1 atom stereocenters. The Morgan fingerprint density at radius 3 is 2.83 bits per heavy atom. The quantitative estimate of drug-likeness (QED) is 0.876. The highest BCUT2D eigenvalue weighted by Gasteiger charge is 2.16. The summed E-state index contributed by atoms with van der Waals surface area (Å²) in [7, 11) is 1.72. The first-order chi connectivity index (χ1) is 8.70. The minimum atomic E-state index is 0.308. The van der Waals surface area contributed by atoms with E-state index in [1.54, 1.807) is 7.11 Å². The van der Waals surface area contributed by atoms with E-state index >= 15 is 0 Å². The number of hydrogen-bond donors (Lipinski definition) is 1. The van der Waals surface area contributed by atoms with E-state index in [1.807, 2.05) is 12.1 Å². The van der Waals surface area contributed by atoms with Crippen molar-refractivity contribution in [1.82, 2.24) is 5.32 Å². The second-order valence-electron chi connectivity index (χ2n) is 4.36. The Morgan fingerprint density at radius 2 is 2.11 bits per heavy atom. The molecule has 1 unspecified atom stereocenters. The highest BCUT2D eigenvalue weighted by atomic mass is 79.9. The van der Waals surface area contributed by atoms with E-state index in [-0.39, 0.29) is 0 Å². The number of nitrogens with one attached hydrogen (secondary N) is 1. The Morgan fingerprint density at radius 1 is 1.39 bits per heavy atom. The van der Waals surface area contributed by atoms with Crippen LogP contribution in [-0.4, -0.2) is 26.6 Å². The number of rotatable bonds is 6. The van der Waals surface area contributed by atoms with Gasteiger partial charge in [-0.15, -0.1) is 0 Å². The van der Waals surface area contributed by atoms with Crippen LogP contribution in [0.4, 0.5) is 0 Å². The predicted molar refractivity (Wildman–Crippen MR) is 73.1 cm³/mol. The smallest absolute Gasteiger partial charge is 0.231 e. The molecule has 1 aliphatic rings.